The molecule has 0 saturated carbocycles. The highest BCUT2D eigenvalue weighted by atomic mass is 16.5. The van der Waals surface area contributed by atoms with Crippen molar-refractivity contribution in [3.8, 4) is 5.75 Å². The minimum atomic E-state index is -0.0652. The number of nitrogens with one attached hydrogen (secondary N) is 1. The van der Waals surface area contributed by atoms with Gasteiger partial charge in [0.05, 0.1) is 24.1 Å². The first-order valence-corrected chi connectivity index (χ1v) is 8.01. The summed E-state index contributed by atoms with van der Waals surface area (Å²) in [4.78, 5) is 15.8. The number of rotatable bonds is 6. The minimum absolute atomic E-state index is 0.0652. The van der Waals surface area contributed by atoms with Crippen LogP contribution < -0.4 is 10.1 Å². The van der Waals surface area contributed by atoms with Crippen LogP contribution in [0.1, 0.15) is 18.3 Å². The van der Waals surface area contributed by atoms with Crippen molar-refractivity contribution in [2.24, 2.45) is 0 Å². The lowest BCUT2D eigenvalue weighted by Crippen LogP contribution is -2.22. The van der Waals surface area contributed by atoms with Gasteiger partial charge >= 0.3 is 0 Å². The van der Waals surface area contributed by atoms with Crippen molar-refractivity contribution in [1.82, 2.24) is 14.9 Å². The molecule has 0 spiro atoms. The van der Waals surface area contributed by atoms with Crippen LogP contribution in [0.5, 0.6) is 5.75 Å². The fraction of sp³-hybridized carbons (Fsp3) is 0.263. The summed E-state index contributed by atoms with van der Waals surface area (Å²) in [6.07, 6.45) is 0. The number of para-hydroxylation sites is 2. The number of amides is 1. The van der Waals surface area contributed by atoms with Gasteiger partial charge in [-0.2, -0.15) is 0 Å². The molecular weight excluding hydrogens is 302 g/mol. The Hall–Kier alpha value is -2.82. The Morgan fingerprint density at radius 3 is 2.83 bits per heavy atom. The van der Waals surface area contributed by atoms with Crippen molar-refractivity contribution in [2.75, 3.05) is 6.61 Å². The quantitative estimate of drug-likeness (QED) is 0.758. The monoisotopic (exact) mass is 323 g/mol. The fourth-order valence-corrected chi connectivity index (χ4v) is 2.67. The molecule has 0 unspecified atom stereocenters. The van der Waals surface area contributed by atoms with E-state index in [0.29, 0.717) is 19.7 Å². The van der Waals surface area contributed by atoms with Crippen molar-refractivity contribution < 1.29 is 9.53 Å². The molecule has 1 N–H and O–H groups in total. The molecule has 1 aromatic heterocycles. The Kier molecular flexibility index (Phi) is 4.79. The number of imidazole rings is 1. The van der Waals surface area contributed by atoms with Gasteiger partial charge in [-0.1, -0.05) is 24.3 Å². The molecule has 0 atom stereocenters. The number of ether oxygens (including phenoxy) is 1. The standard InChI is InChI=1S/C19H21N3O2/c1-14-6-5-7-16(12-14)24-11-10-22-18-9-4-3-8-17(18)21-19(22)13-20-15(2)23/h3-9,12H,10-11,13H2,1-2H3,(H,20,23). The van der Waals surface area contributed by atoms with E-state index in [1.165, 1.54) is 12.5 Å². The molecule has 0 saturated heterocycles. The first-order chi connectivity index (χ1) is 11.6. The fourth-order valence-electron chi connectivity index (χ4n) is 2.67. The summed E-state index contributed by atoms with van der Waals surface area (Å²) in [6, 6.07) is 16.0. The Bertz CT molecular complexity index is 855. The number of hydrogen-bond donors (Lipinski definition) is 1. The molecule has 1 heterocycles. The lowest BCUT2D eigenvalue weighted by molar-refractivity contribution is -0.119. The number of carbonyl (C=O) groups excluding carboxylic acids is 1. The maximum atomic E-state index is 11.2. The van der Waals surface area contributed by atoms with Gasteiger partial charge in [0.25, 0.3) is 0 Å². The van der Waals surface area contributed by atoms with Crippen LogP contribution in [0.2, 0.25) is 0 Å². The number of benzene rings is 2. The number of carbonyl (C=O) groups is 1. The highest BCUT2D eigenvalue weighted by Crippen LogP contribution is 2.17. The summed E-state index contributed by atoms with van der Waals surface area (Å²) in [5.41, 5.74) is 3.14. The molecule has 1 amide bonds. The summed E-state index contributed by atoms with van der Waals surface area (Å²) in [7, 11) is 0. The molecule has 3 aromatic rings. The third-order valence-corrected chi connectivity index (χ3v) is 3.80. The Labute approximate surface area is 141 Å². The normalized spacial score (nSPS) is 10.8. The molecule has 0 aliphatic heterocycles. The van der Waals surface area contributed by atoms with Gasteiger partial charge in [0.1, 0.15) is 18.2 Å². The largest absolute Gasteiger partial charge is 0.492 e. The highest BCUT2D eigenvalue weighted by molar-refractivity contribution is 5.76. The molecule has 0 aliphatic carbocycles. The number of aryl methyl sites for hydroxylation is 1. The smallest absolute Gasteiger partial charge is 0.217 e. The molecule has 2 aromatic carbocycles. The van der Waals surface area contributed by atoms with Crippen LogP contribution in [0.25, 0.3) is 11.0 Å². The molecular formula is C19H21N3O2. The topological polar surface area (TPSA) is 56.2 Å². The van der Waals surface area contributed by atoms with Crippen LogP contribution in [0.15, 0.2) is 48.5 Å². The first-order valence-electron chi connectivity index (χ1n) is 8.01. The van der Waals surface area contributed by atoms with E-state index in [4.69, 9.17) is 4.74 Å². The van der Waals surface area contributed by atoms with Gasteiger partial charge in [-0.3, -0.25) is 4.79 Å². The predicted octanol–water partition coefficient (Wildman–Crippen LogP) is 3.06. The van der Waals surface area contributed by atoms with E-state index in [2.05, 4.69) is 14.9 Å². The van der Waals surface area contributed by atoms with Gasteiger partial charge in [0, 0.05) is 6.92 Å². The second-order valence-electron chi connectivity index (χ2n) is 5.74. The van der Waals surface area contributed by atoms with E-state index < -0.39 is 0 Å². The molecule has 124 valence electrons. The van der Waals surface area contributed by atoms with E-state index in [9.17, 15) is 4.79 Å². The van der Waals surface area contributed by atoms with E-state index in [1.807, 2.05) is 55.5 Å². The lowest BCUT2D eigenvalue weighted by Gasteiger charge is -2.11. The van der Waals surface area contributed by atoms with E-state index in [0.717, 1.165) is 22.6 Å². The number of aromatic nitrogens is 2. The molecule has 0 fully saturated rings. The zero-order chi connectivity index (χ0) is 16.9. The molecule has 5 heteroatoms. The van der Waals surface area contributed by atoms with Crippen molar-refractivity contribution >= 4 is 16.9 Å². The molecule has 0 radical (unpaired) electrons. The average Bonchev–Trinajstić information content (AvgIpc) is 2.91. The van der Waals surface area contributed by atoms with Crippen LogP contribution >= 0.6 is 0 Å². The summed E-state index contributed by atoms with van der Waals surface area (Å²) in [6.45, 7) is 5.17. The van der Waals surface area contributed by atoms with Crippen molar-refractivity contribution in [1.29, 1.82) is 0 Å². The number of hydrogen-bond acceptors (Lipinski definition) is 3. The first kappa shape index (κ1) is 16.1. The SMILES string of the molecule is CC(=O)NCc1nc2ccccc2n1CCOc1cccc(C)c1. The second-order valence-corrected chi connectivity index (χ2v) is 5.74. The minimum Gasteiger partial charge on any atom is -0.492 e. The Balaban J connectivity index is 1.76. The van der Waals surface area contributed by atoms with Crippen LogP contribution in [0.3, 0.4) is 0 Å². The van der Waals surface area contributed by atoms with Gasteiger partial charge in [-0.15, -0.1) is 0 Å². The van der Waals surface area contributed by atoms with E-state index >= 15 is 0 Å². The molecule has 5 nitrogen and oxygen atoms in total. The third kappa shape index (κ3) is 3.74. The van der Waals surface area contributed by atoms with Gasteiger partial charge in [-0.05, 0) is 36.8 Å². The summed E-state index contributed by atoms with van der Waals surface area (Å²) in [5, 5.41) is 2.82. The summed E-state index contributed by atoms with van der Waals surface area (Å²) in [5.74, 6) is 1.63. The Morgan fingerprint density at radius 2 is 2.04 bits per heavy atom. The van der Waals surface area contributed by atoms with Crippen LogP contribution in [-0.2, 0) is 17.9 Å². The number of nitrogens with zero attached hydrogens (tertiary/aromatic N) is 2. The predicted molar refractivity (Wildman–Crippen MR) is 93.9 cm³/mol. The van der Waals surface area contributed by atoms with Gasteiger partial charge < -0.3 is 14.6 Å². The van der Waals surface area contributed by atoms with Crippen molar-refractivity contribution in [3.05, 3.63) is 59.9 Å². The van der Waals surface area contributed by atoms with Crippen molar-refractivity contribution in [2.45, 2.75) is 26.9 Å². The summed E-state index contributed by atoms with van der Waals surface area (Å²) < 4.78 is 7.95. The van der Waals surface area contributed by atoms with Gasteiger partial charge in [-0.25, -0.2) is 4.98 Å². The van der Waals surface area contributed by atoms with Crippen LogP contribution in [-0.4, -0.2) is 22.1 Å². The molecule has 0 aliphatic rings. The molecule has 24 heavy (non-hydrogen) atoms. The maximum absolute atomic E-state index is 11.2. The van der Waals surface area contributed by atoms with E-state index in [-0.39, 0.29) is 5.91 Å². The van der Waals surface area contributed by atoms with Crippen LogP contribution in [0.4, 0.5) is 0 Å². The zero-order valence-corrected chi connectivity index (χ0v) is 14.0. The van der Waals surface area contributed by atoms with E-state index in [1.54, 1.807) is 0 Å². The third-order valence-electron chi connectivity index (χ3n) is 3.80. The van der Waals surface area contributed by atoms with Gasteiger partial charge in [0.2, 0.25) is 5.91 Å². The zero-order valence-electron chi connectivity index (χ0n) is 14.0. The highest BCUT2D eigenvalue weighted by Gasteiger charge is 2.10. The van der Waals surface area contributed by atoms with Gasteiger partial charge in [0.15, 0.2) is 0 Å². The van der Waals surface area contributed by atoms with Crippen molar-refractivity contribution in [3.63, 3.8) is 0 Å². The van der Waals surface area contributed by atoms with Crippen LogP contribution in [0, 0.1) is 6.92 Å². The molecule has 3 rings (SSSR count). The Morgan fingerprint density at radius 1 is 1.21 bits per heavy atom. The molecule has 0 bridgehead atoms. The lowest BCUT2D eigenvalue weighted by atomic mass is 10.2. The maximum Gasteiger partial charge on any atom is 0.217 e. The average molecular weight is 323 g/mol. The summed E-state index contributed by atoms with van der Waals surface area (Å²) >= 11 is 0. The number of fused-ring (bicyclic) bond motifs is 1. The second kappa shape index (κ2) is 7.17.